The van der Waals surface area contributed by atoms with Crippen LogP contribution in [0.3, 0.4) is 0 Å². The second-order valence-corrected chi connectivity index (χ2v) is 3.52. The summed E-state index contributed by atoms with van der Waals surface area (Å²) in [5.41, 5.74) is 6.33. The topological polar surface area (TPSA) is 44.5 Å². The first kappa shape index (κ1) is 9.27. The molecule has 1 aliphatic rings. The van der Waals surface area contributed by atoms with Gasteiger partial charge in [-0.25, -0.2) is 0 Å². The van der Waals surface area contributed by atoms with Gasteiger partial charge in [-0.2, -0.15) is 0 Å². The Bertz CT molecular complexity index is 365. The largest absolute Gasteiger partial charge is 0.490 e. The number of rotatable bonds is 1. The third kappa shape index (κ3) is 1.80. The molecule has 0 bridgehead atoms. The van der Waals surface area contributed by atoms with E-state index in [2.05, 4.69) is 0 Å². The first-order chi connectivity index (χ1) is 6.77. The molecule has 0 aliphatic carbocycles. The average molecular weight is 209 g/mol. The van der Waals surface area contributed by atoms with Gasteiger partial charge in [0.2, 0.25) is 0 Å². The standard InChI is InChI=1S/C10H11NO2S/c11-10(14)7-2-3-8-9(6-7)13-5-1-4-12-8/h2-3,6H,1,4-5H2,(H2,11,14). The zero-order valence-electron chi connectivity index (χ0n) is 7.66. The lowest BCUT2D eigenvalue weighted by atomic mass is 10.2. The van der Waals surface area contributed by atoms with Gasteiger partial charge in [0.1, 0.15) is 4.99 Å². The summed E-state index contributed by atoms with van der Waals surface area (Å²) in [6.45, 7) is 1.37. The molecule has 0 atom stereocenters. The molecule has 3 nitrogen and oxygen atoms in total. The molecule has 1 heterocycles. The number of nitrogens with two attached hydrogens (primary N) is 1. The van der Waals surface area contributed by atoms with Crippen molar-refractivity contribution in [3.05, 3.63) is 23.8 Å². The Balaban J connectivity index is 2.37. The SMILES string of the molecule is NC(=S)c1ccc2c(c1)OCCCO2. The van der Waals surface area contributed by atoms with Crippen LogP contribution in [0.4, 0.5) is 0 Å². The summed E-state index contributed by atoms with van der Waals surface area (Å²) in [5, 5.41) is 0. The monoisotopic (exact) mass is 209 g/mol. The number of hydrogen-bond donors (Lipinski definition) is 1. The van der Waals surface area contributed by atoms with Gasteiger partial charge >= 0.3 is 0 Å². The quantitative estimate of drug-likeness (QED) is 0.712. The second kappa shape index (κ2) is 3.84. The molecular weight excluding hydrogens is 198 g/mol. The predicted octanol–water partition coefficient (Wildman–Crippen LogP) is 1.48. The molecule has 0 spiro atoms. The van der Waals surface area contributed by atoms with Gasteiger partial charge in [-0.05, 0) is 18.2 Å². The lowest BCUT2D eigenvalue weighted by Crippen LogP contribution is -2.09. The fourth-order valence-corrected chi connectivity index (χ4v) is 1.44. The molecule has 0 saturated heterocycles. The summed E-state index contributed by atoms with van der Waals surface area (Å²) in [7, 11) is 0. The van der Waals surface area contributed by atoms with E-state index in [1.54, 1.807) is 0 Å². The highest BCUT2D eigenvalue weighted by molar-refractivity contribution is 7.80. The highest BCUT2D eigenvalue weighted by Crippen LogP contribution is 2.30. The van der Waals surface area contributed by atoms with Crippen molar-refractivity contribution in [3.8, 4) is 11.5 Å². The molecule has 0 saturated carbocycles. The van der Waals surface area contributed by atoms with Crippen molar-refractivity contribution in [2.75, 3.05) is 13.2 Å². The van der Waals surface area contributed by atoms with E-state index in [1.165, 1.54) is 0 Å². The smallest absolute Gasteiger partial charge is 0.161 e. The maximum atomic E-state index is 5.52. The Hall–Kier alpha value is -1.29. The zero-order chi connectivity index (χ0) is 9.97. The molecule has 1 aliphatic heterocycles. The number of ether oxygens (including phenoxy) is 2. The molecular formula is C10H11NO2S. The van der Waals surface area contributed by atoms with Crippen LogP contribution in [0.2, 0.25) is 0 Å². The number of thiocarbonyl (C=S) groups is 1. The van der Waals surface area contributed by atoms with Crippen LogP contribution in [0, 0.1) is 0 Å². The molecule has 0 aromatic heterocycles. The van der Waals surface area contributed by atoms with E-state index in [0.717, 1.165) is 23.5 Å². The molecule has 2 rings (SSSR count). The summed E-state index contributed by atoms with van der Waals surface area (Å²) in [6, 6.07) is 5.51. The van der Waals surface area contributed by atoms with Crippen molar-refractivity contribution in [1.82, 2.24) is 0 Å². The van der Waals surface area contributed by atoms with Crippen LogP contribution in [0.15, 0.2) is 18.2 Å². The maximum Gasteiger partial charge on any atom is 0.161 e. The van der Waals surface area contributed by atoms with E-state index in [-0.39, 0.29) is 0 Å². The summed E-state index contributed by atoms with van der Waals surface area (Å²) in [6.07, 6.45) is 0.900. The van der Waals surface area contributed by atoms with Crippen molar-refractivity contribution in [1.29, 1.82) is 0 Å². The van der Waals surface area contributed by atoms with Crippen LogP contribution in [0.1, 0.15) is 12.0 Å². The highest BCUT2D eigenvalue weighted by atomic mass is 32.1. The summed E-state index contributed by atoms with van der Waals surface area (Å²) >= 11 is 4.88. The summed E-state index contributed by atoms with van der Waals surface area (Å²) in [4.78, 5) is 0.376. The van der Waals surface area contributed by atoms with Crippen molar-refractivity contribution >= 4 is 17.2 Å². The minimum Gasteiger partial charge on any atom is -0.490 e. The Labute approximate surface area is 87.8 Å². The van der Waals surface area contributed by atoms with Crippen LogP contribution < -0.4 is 15.2 Å². The highest BCUT2D eigenvalue weighted by Gasteiger charge is 2.10. The van der Waals surface area contributed by atoms with Crippen molar-refractivity contribution in [2.45, 2.75) is 6.42 Å². The van der Waals surface area contributed by atoms with E-state index in [9.17, 15) is 0 Å². The van der Waals surface area contributed by atoms with Gasteiger partial charge in [-0.3, -0.25) is 0 Å². The molecule has 14 heavy (non-hydrogen) atoms. The second-order valence-electron chi connectivity index (χ2n) is 3.08. The van der Waals surface area contributed by atoms with Crippen molar-refractivity contribution in [2.24, 2.45) is 5.73 Å². The van der Waals surface area contributed by atoms with Crippen LogP contribution in [0.25, 0.3) is 0 Å². The van der Waals surface area contributed by atoms with Gasteiger partial charge in [-0.1, -0.05) is 12.2 Å². The van der Waals surface area contributed by atoms with Gasteiger partial charge in [0.25, 0.3) is 0 Å². The van der Waals surface area contributed by atoms with Crippen LogP contribution in [0.5, 0.6) is 11.5 Å². The first-order valence-corrected chi connectivity index (χ1v) is 4.87. The molecule has 74 valence electrons. The number of benzene rings is 1. The predicted molar refractivity (Wildman–Crippen MR) is 57.9 cm³/mol. The Morgan fingerprint density at radius 1 is 1.21 bits per heavy atom. The van der Waals surface area contributed by atoms with E-state index in [4.69, 9.17) is 27.4 Å². The molecule has 0 fully saturated rings. The van der Waals surface area contributed by atoms with Gasteiger partial charge < -0.3 is 15.2 Å². The van der Waals surface area contributed by atoms with E-state index < -0.39 is 0 Å². The van der Waals surface area contributed by atoms with Crippen molar-refractivity contribution in [3.63, 3.8) is 0 Å². The third-order valence-electron chi connectivity index (χ3n) is 2.03. The zero-order valence-corrected chi connectivity index (χ0v) is 8.47. The van der Waals surface area contributed by atoms with Crippen LogP contribution >= 0.6 is 12.2 Å². The molecule has 0 radical (unpaired) electrons. The Kier molecular flexibility index (Phi) is 2.54. The maximum absolute atomic E-state index is 5.52. The lowest BCUT2D eigenvalue weighted by Gasteiger charge is -2.08. The molecule has 4 heteroatoms. The van der Waals surface area contributed by atoms with Crippen molar-refractivity contribution < 1.29 is 9.47 Å². The van der Waals surface area contributed by atoms with E-state index >= 15 is 0 Å². The fourth-order valence-electron chi connectivity index (χ4n) is 1.32. The normalized spacial score (nSPS) is 14.6. The Morgan fingerprint density at radius 3 is 2.64 bits per heavy atom. The minimum atomic E-state index is 0.376. The Morgan fingerprint density at radius 2 is 1.93 bits per heavy atom. The summed E-state index contributed by atoms with van der Waals surface area (Å²) < 4.78 is 11.0. The number of fused-ring (bicyclic) bond motifs is 1. The van der Waals surface area contributed by atoms with Crippen LogP contribution in [-0.4, -0.2) is 18.2 Å². The van der Waals surface area contributed by atoms with Gasteiger partial charge in [0.15, 0.2) is 11.5 Å². The van der Waals surface area contributed by atoms with Gasteiger partial charge in [-0.15, -0.1) is 0 Å². The summed E-state index contributed by atoms with van der Waals surface area (Å²) in [5.74, 6) is 1.50. The fraction of sp³-hybridized carbons (Fsp3) is 0.300. The number of hydrogen-bond acceptors (Lipinski definition) is 3. The molecule has 0 amide bonds. The first-order valence-electron chi connectivity index (χ1n) is 4.47. The minimum absolute atomic E-state index is 0.376. The van der Waals surface area contributed by atoms with Crippen LogP contribution in [-0.2, 0) is 0 Å². The molecule has 2 N–H and O–H groups in total. The third-order valence-corrected chi connectivity index (χ3v) is 2.27. The van der Waals surface area contributed by atoms with Gasteiger partial charge in [0.05, 0.1) is 13.2 Å². The van der Waals surface area contributed by atoms with E-state index in [1.807, 2.05) is 18.2 Å². The van der Waals surface area contributed by atoms with E-state index in [0.29, 0.717) is 18.2 Å². The molecule has 0 unspecified atom stereocenters. The average Bonchev–Trinajstić information content (AvgIpc) is 2.41. The molecule has 1 aromatic rings. The molecule has 1 aromatic carbocycles. The lowest BCUT2D eigenvalue weighted by molar-refractivity contribution is 0.297. The van der Waals surface area contributed by atoms with Gasteiger partial charge in [0, 0.05) is 12.0 Å².